The summed E-state index contributed by atoms with van der Waals surface area (Å²) < 4.78 is 5.53. The van der Waals surface area contributed by atoms with E-state index >= 15 is 0 Å². The van der Waals surface area contributed by atoms with Crippen LogP contribution in [-0.2, 0) is 11.3 Å². The van der Waals surface area contributed by atoms with Crippen LogP contribution in [0.1, 0.15) is 55.6 Å². The molecule has 6 heteroatoms. The van der Waals surface area contributed by atoms with Gasteiger partial charge in [-0.2, -0.15) is 0 Å². The molecule has 0 spiro atoms. The van der Waals surface area contributed by atoms with Gasteiger partial charge in [0.1, 0.15) is 5.76 Å². The summed E-state index contributed by atoms with van der Waals surface area (Å²) in [6.07, 6.45) is 4.75. The first-order chi connectivity index (χ1) is 16.7. The first kappa shape index (κ1) is 23.5. The van der Waals surface area contributed by atoms with Gasteiger partial charge in [-0.25, -0.2) is 4.99 Å². The lowest BCUT2D eigenvalue weighted by atomic mass is 9.79. The SMILES string of the molecule is Cc1cc2c(cc1/C=C1/SC(=Nc3ccccc3)N(Cc3ccco3)C1=O)C(C)CC(C)(C)N2C. The highest BCUT2D eigenvalue weighted by atomic mass is 32.2. The summed E-state index contributed by atoms with van der Waals surface area (Å²) in [6, 6.07) is 18.0. The van der Waals surface area contributed by atoms with Crippen molar-refractivity contribution < 1.29 is 9.21 Å². The number of nitrogens with zero attached hydrogens (tertiary/aromatic N) is 3. The molecule has 2 aliphatic rings. The lowest BCUT2D eigenvalue weighted by molar-refractivity contribution is -0.122. The number of carbonyl (C=O) groups excluding carboxylic acids is 1. The first-order valence-corrected chi connectivity index (χ1v) is 12.8. The Kier molecular flexibility index (Phi) is 6.09. The molecule has 3 heterocycles. The predicted molar refractivity (Wildman–Crippen MR) is 145 cm³/mol. The number of benzene rings is 2. The Morgan fingerprint density at radius 2 is 1.94 bits per heavy atom. The van der Waals surface area contributed by atoms with Gasteiger partial charge in [-0.05, 0) is 104 Å². The van der Waals surface area contributed by atoms with Gasteiger partial charge in [0.05, 0.1) is 23.4 Å². The van der Waals surface area contributed by atoms with E-state index in [0.717, 1.165) is 29.0 Å². The molecule has 0 radical (unpaired) electrons. The van der Waals surface area contributed by atoms with Gasteiger partial charge in [-0.15, -0.1) is 0 Å². The number of carbonyl (C=O) groups is 1. The van der Waals surface area contributed by atoms with Gasteiger partial charge in [0.2, 0.25) is 0 Å². The molecule has 5 rings (SSSR count). The van der Waals surface area contributed by atoms with Crippen LogP contribution in [0.4, 0.5) is 11.4 Å². The van der Waals surface area contributed by atoms with Crippen molar-refractivity contribution in [3.8, 4) is 0 Å². The van der Waals surface area contributed by atoms with Gasteiger partial charge >= 0.3 is 0 Å². The highest BCUT2D eigenvalue weighted by Crippen LogP contribution is 2.44. The van der Waals surface area contributed by atoms with Crippen LogP contribution in [0.25, 0.3) is 6.08 Å². The number of hydrogen-bond donors (Lipinski definition) is 0. The van der Waals surface area contributed by atoms with E-state index in [9.17, 15) is 4.79 Å². The molecule has 0 saturated carbocycles. The van der Waals surface area contributed by atoms with Crippen LogP contribution in [-0.4, -0.2) is 28.6 Å². The molecule has 0 N–H and O–H groups in total. The van der Waals surface area contributed by atoms with Crippen molar-refractivity contribution in [3.05, 3.63) is 88.2 Å². The van der Waals surface area contributed by atoms with E-state index in [4.69, 9.17) is 9.41 Å². The summed E-state index contributed by atoms with van der Waals surface area (Å²) in [4.78, 5) is 23.1. The zero-order valence-corrected chi connectivity index (χ0v) is 21.7. The van der Waals surface area contributed by atoms with Crippen molar-refractivity contribution in [1.82, 2.24) is 4.90 Å². The number of furan rings is 1. The highest BCUT2D eigenvalue weighted by molar-refractivity contribution is 8.18. The summed E-state index contributed by atoms with van der Waals surface area (Å²) in [5.74, 6) is 1.13. The van der Waals surface area contributed by atoms with Gasteiger partial charge in [0, 0.05) is 18.3 Å². The van der Waals surface area contributed by atoms with Crippen LogP contribution in [0, 0.1) is 6.92 Å². The molecular weight excluding hydrogens is 454 g/mol. The summed E-state index contributed by atoms with van der Waals surface area (Å²) in [7, 11) is 2.18. The molecular formula is C29H31N3O2S. The topological polar surface area (TPSA) is 49.1 Å². The zero-order chi connectivity index (χ0) is 24.7. The number of thioether (sulfide) groups is 1. The molecule has 180 valence electrons. The number of aliphatic imine (C=N–C) groups is 1. The highest BCUT2D eigenvalue weighted by Gasteiger charge is 2.36. The first-order valence-electron chi connectivity index (χ1n) is 12.0. The third-order valence-corrected chi connectivity index (χ3v) is 8.08. The Balaban J connectivity index is 1.53. The summed E-state index contributed by atoms with van der Waals surface area (Å²) in [5.41, 5.74) is 5.80. The Bertz CT molecular complexity index is 1310. The lowest BCUT2D eigenvalue weighted by Gasteiger charge is -2.45. The van der Waals surface area contributed by atoms with Gasteiger partial charge in [0.15, 0.2) is 5.17 Å². The van der Waals surface area contributed by atoms with Crippen molar-refractivity contribution in [1.29, 1.82) is 0 Å². The largest absolute Gasteiger partial charge is 0.467 e. The monoisotopic (exact) mass is 485 g/mol. The van der Waals surface area contributed by atoms with Crippen LogP contribution in [0.3, 0.4) is 0 Å². The molecule has 2 aromatic carbocycles. The van der Waals surface area contributed by atoms with E-state index in [1.54, 1.807) is 11.2 Å². The summed E-state index contributed by atoms with van der Waals surface area (Å²) >= 11 is 1.42. The number of hydrogen-bond acceptors (Lipinski definition) is 5. The van der Waals surface area contributed by atoms with E-state index in [1.807, 2.05) is 48.5 Å². The molecule has 1 saturated heterocycles. The van der Waals surface area contributed by atoms with Gasteiger partial charge in [-0.3, -0.25) is 9.69 Å². The van der Waals surface area contributed by atoms with Crippen LogP contribution < -0.4 is 4.90 Å². The standard InChI is InChI=1S/C29H31N3O2S/c1-19-14-25-24(20(2)17-29(3,4)31(25)5)15-21(19)16-26-27(33)32(18-23-12-9-13-34-23)28(35-26)30-22-10-7-6-8-11-22/h6-16,20H,17-18H2,1-5H3/b26-16+,30-28?. The fourth-order valence-corrected chi connectivity index (χ4v) is 5.92. The molecule has 2 aliphatic heterocycles. The number of amidine groups is 1. The van der Waals surface area contributed by atoms with Crippen LogP contribution >= 0.6 is 11.8 Å². The molecule has 1 fully saturated rings. The van der Waals surface area contributed by atoms with Crippen LogP contribution in [0.15, 0.2) is 75.2 Å². The van der Waals surface area contributed by atoms with E-state index in [-0.39, 0.29) is 11.4 Å². The molecule has 1 atom stereocenters. The third-order valence-electron chi connectivity index (χ3n) is 7.07. The maximum absolute atomic E-state index is 13.5. The van der Waals surface area contributed by atoms with E-state index in [2.05, 4.69) is 51.8 Å². The number of para-hydroxylation sites is 1. The normalized spacial score (nSPS) is 21.7. The molecule has 5 nitrogen and oxygen atoms in total. The second kappa shape index (κ2) is 9.08. The quantitative estimate of drug-likeness (QED) is 0.369. The number of aryl methyl sites for hydroxylation is 1. The summed E-state index contributed by atoms with van der Waals surface area (Å²) in [5, 5.41) is 0.661. The minimum absolute atomic E-state index is 0.0514. The number of rotatable bonds is 4. The number of anilines is 1. The summed E-state index contributed by atoms with van der Waals surface area (Å²) in [6.45, 7) is 9.36. The van der Waals surface area contributed by atoms with Crippen molar-refractivity contribution in [2.45, 2.75) is 52.1 Å². The molecule has 35 heavy (non-hydrogen) atoms. The van der Waals surface area contributed by atoms with Gasteiger partial charge in [-0.1, -0.05) is 25.1 Å². The molecule has 0 aliphatic carbocycles. The van der Waals surface area contributed by atoms with Crippen molar-refractivity contribution >= 4 is 40.3 Å². The molecule has 1 amide bonds. The maximum atomic E-state index is 13.5. The third kappa shape index (κ3) is 4.55. The minimum Gasteiger partial charge on any atom is -0.467 e. The number of amides is 1. The van der Waals surface area contributed by atoms with Gasteiger partial charge < -0.3 is 9.32 Å². The van der Waals surface area contributed by atoms with E-state index in [1.165, 1.54) is 23.0 Å². The van der Waals surface area contributed by atoms with Crippen LogP contribution in [0.5, 0.6) is 0 Å². The lowest BCUT2D eigenvalue weighted by Crippen LogP contribution is -2.45. The Labute approximate surface area is 211 Å². The van der Waals surface area contributed by atoms with Crippen molar-refractivity contribution in [2.24, 2.45) is 4.99 Å². The average Bonchev–Trinajstić information content (AvgIpc) is 3.43. The molecule has 0 bridgehead atoms. The Hall–Kier alpha value is -3.25. The molecule has 3 aromatic rings. The smallest absolute Gasteiger partial charge is 0.267 e. The second-order valence-corrected chi connectivity index (χ2v) is 11.1. The fraction of sp³-hybridized carbons (Fsp3) is 0.310. The zero-order valence-electron chi connectivity index (χ0n) is 20.9. The fourth-order valence-electron chi connectivity index (χ4n) is 4.93. The molecule has 1 aromatic heterocycles. The Morgan fingerprint density at radius 3 is 2.66 bits per heavy atom. The van der Waals surface area contributed by atoms with E-state index < -0.39 is 0 Å². The average molecular weight is 486 g/mol. The predicted octanol–water partition coefficient (Wildman–Crippen LogP) is 7.11. The minimum atomic E-state index is -0.0514. The van der Waals surface area contributed by atoms with Crippen LogP contribution in [0.2, 0.25) is 0 Å². The molecule has 1 unspecified atom stereocenters. The van der Waals surface area contributed by atoms with Crippen molar-refractivity contribution in [3.63, 3.8) is 0 Å². The maximum Gasteiger partial charge on any atom is 0.267 e. The number of fused-ring (bicyclic) bond motifs is 1. The second-order valence-electron chi connectivity index (χ2n) is 10.1. The van der Waals surface area contributed by atoms with E-state index in [0.29, 0.717) is 22.5 Å². The van der Waals surface area contributed by atoms with Gasteiger partial charge in [0.25, 0.3) is 5.91 Å². The van der Waals surface area contributed by atoms with Crippen molar-refractivity contribution in [2.75, 3.05) is 11.9 Å². The Morgan fingerprint density at radius 1 is 1.17 bits per heavy atom.